The van der Waals surface area contributed by atoms with Crippen molar-refractivity contribution in [2.45, 2.75) is 98.4 Å². The Hall–Kier alpha value is -3.35. The molecule has 1 aliphatic rings. The van der Waals surface area contributed by atoms with Crippen molar-refractivity contribution in [3.05, 3.63) is 64.7 Å². The lowest BCUT2D eigenvalue weighted by molar-refractivity contribution is -0.142. The van der Waals surface area contributed by atoms with Gasteiger partial charge >= 0.3 is 6.09 Å². The molecule has 206 valence electrons. The second-order valence-electron chi connectivity index (χ2n) is 11.6. The minimum absolute atomic E-state index is 0.0799. The maximum atomic E-state index is 14.2. The van der Waals surface area contributed by atoms with Crippen molar-refractivity contribution in [1.82, 2.24) is 10.2 Å². The van der Waals surface area contributed by atoms with Crippen LogP contribution < -0.4 is 10.6 Å². The highest BCUT2D eigenvalue weighted by molar-refractivity contribution is 6.00. The fourth-order valence-electron chi connectivity index (χ4n) is 4.56. The summed E-state index contributed by atoms with van der Waals surface area (Å²) in [6.07, 6.45) is 1.84. The number of benzene rings is 2. The average Bonchev–Trinajstić information content (AvgIpc) is 3.67. The number of hydrogen-bond donors (Lipinski definition) is 2. The molecule has 3 amide bonds. The topological polar surface area (TPSA) is 87.7 Å². The summed E-state index contributed by atoms with van der Waals surface area (Å²) in [5, 5.41) is 5.90. The molecule has 38 heavy (non-hydrogen) atoms. The highest BCUT2D eigenvalue weighted by Crippen LogP contribution is 2.37. The first-order chi connectivity index (χ1) is 17.8. The Morgan fingerprint density at radius 3 is 2.05 bits per heavy atom. The Morgan fingerprint density at radius 1 is 1.00 bits per heavy atom. The van der Waals surface area contributed by atoms with Crippen LogP contribution in [-0.2, 0) is 20.7 Å². The molecule has 1 saturated carbocycles. The van der Waals surface area contributed by atoms with Crippen LogP contribution in [0.1, 0.15) is 82.7 Å². The van der Waals surface area contributed by atoms with Crippen LogP contribution in [0.3, 0.4) is 0 Å². The predicted molar refractivity (Wildman–Crippen MR) is 151 cm³/mol. The van der Waals surface area contributed by atoms with Gasteiger partial charge in [-0.2, -0.15) is 0 Å². The zero-order valence-corrected chi connectivity index (χ0v) is 24.1. The molecule has 3 rings (SSSR count). The van der Waals surface area contributed by atoms with Gasteiger partial charge in [0.15, 0.2) is 0 Å². The van der Waals surface area contributed by atoms with E-state index in [-0.39, 0.29) is 23.8 Å². The summed E-state index contributed by atoms with van der Waals surface area (Å²) in [6.45, 7) is 15.1. The van der Waals surface area contributed by atoms with E-state index in [1.165, 1.54) is 0 Å². The summed E-state index contributed by atoms with van der Waals surface area (Å²) in [6, 6.07) is 12.0. The van der Waals surface area contributed by atoms with Gasteiger partial charge in [-0.25, -0.2) is 4.79 Å². The first-order valence-electron chi connectivity index (χ1n) is 13.6. The van der Waals surface area contributed by atoms with Crippen LogP contribution in [-0.4, -0.2) is 40.5 Å². The number of aryl methyl sites for hydroxylation is 3. The largest absolute Gasteiger partial charge is 0.444 e. The van der Waals surface area contributed by atoms with Crippen LogP contribution in [0.15, 0.2) is 42.5 Å². The number of nitrogens with one attached hydrogen (secondary N) is 2. The number of anilines is 1. The van der Waals surface area contributed by atoms with E-state index >= 15 is 0 Å². The molecule has 7 nitrogen and oxygen atoms in total. The Labute approximate surface area is 227 Å². The van der Waals surface area contributed by atoms with E-state index in [1.807, 2.05) is 70.2 Å². The maximum Gasteiger partial charge on any atom is 0.408 e. The molecule has 2 aromatic carbocycles. The maximum absolute atomic E-state index is 14.2. The molecule has 2 N–H and O–H groups in total. The molecule has 0 spiro atoms. The fraction of sp³-hybridized carbons (Fsp3) is 0.516. The second kappa shape index (κ2) is 12.0. The number of nitrogens with zero attached hydrogens (tertiary/aromatic N) is 1. The predicted octanol–water partition coefficient (Wildman–Crippen LogP) is 6.09. The van der Waals surface area contributed by atoms with Gasteiger partial charge in [0.05, 0.1) is 0 Å². The first-order valence-corrected chi connectivity index (χ1v) is 13.6. The van der Waals surface area contributed by atoms with Crippen molar-refractivity contribution in [2.24, 2.45) is 5.92 Å². The third kappa shape index (κ3) is 7.36. The van der Waals surface area contributed by atoms with E-state index < -0.39 is 23.8 Å². The smallest absolute Gasteiger partial charge is 0.408 e. The Morgan fingerprint density at radius 2 is 1.58 bits per heavy atom. The Bertz CT molecular complexity index is 1130. The molecular weight excluding hydrogens is 478 g/mol. The Kier molecular flexibility index (Phi) is 9.23. The SMILES string of the molecule is CCc1ccc(C(C(=O)Nc2c(C)cccc2C)N(C(=O)C(NC(=O)OC(C)(C)C)C(C)C)C2CC2)cc1. The number of amides is 3. The van der Waals surface area contributed by atoms with Crippen molar-refractivity contribution >= 4 is 23.6 Å². The van der Waals surface area contributed by atoms with Gasteiger partial charge in [-0.1, -0.05) is 63.2 Å². The van der Waals surface area contributed by atoms with E-state index in [1.54, 1.807) is 25.7 Å². The normalized spacial score (nSPS) is 15.0. The summed E-state index contributed by atoms with van der Waals surface area (Å²) in [7, 11) is 0. The summed E-state index contributed by atoms with van der Waals surface area (Å²) in [4.78, 5) is 42.6. The lowest BCUT2D eigenvalue weighted by atomic mass is 9.97. The van der Waals surface area contributed by atoms with Gasteiger partial charge in [0, 0.05) is 11.7 Å². The van der Waals surface area contributed by atoms with Crippen molar-refractivity contribution < 1.29 is 19.1 Å². The summed E-state index contributed by atoms with van der Waals surface area (Å²) < 4.78 is 5.45. The molecule has 0 radical (unpaired) electrons. The van der Waals surface area contributed by atoms with Crippen molar-refractivity contribution in [3.63, 3.8) is 0 Å². The number of rotatable bonds is 9. The van der Waals surface area contributed by atoms with Crippen LogP contribution in [0.2, 0.25) is 0 Å². The molecule has 1 fully saturated rings. The van der Waals surface area contributed by atoms with Gasteiger partial charge in [0.25, 0.3) is 5.91 Å². The van der Waals surface area contributed by atoms with Gasteiger partial charge in [0.2, 0.25) is 5.91 Å². The number of hydrogen-bond acceptors (Lipinski definition) is 4. The molecule has 2 unspecified atom stereocenters. The standard InChI is InChI=1S/C31H43N3O4/c1-9-22-13-15-23(16-14-22)27(28(35)32-26-20(4)11-10-12-21(26)5)34(24-17-18-24)29(36)25(19(2)3)33-30(37)38-31(6,7)8/h10-16,19,24-25,27H,9,17-18H2,1-8H3,(H,32,35)(H,33,37). The van der Waals surface area contributed by atoms with Gasteiger partial charge in [-0.3, -0.25) is 9.59 Å². The summed E-state index contributed by atoms with van der Waals surface area (Å²) >= 11 is 0. The monoisotopic (exact) mass is 521 g/mol. The van der Waals surface area contributed by atoms with Crippen molar-refractivity contribution in [1.29, 1.82) is 0 Å². The van der Waals surface area contributed by atoms with Crippen LogP contribution in [0.25, 0.3) is 0 Å². The lowest BCUT2D eigenvalue weighted by Gasteiger charge is -2.36. The molecule has 0 aliphatic heterocycles. The third-order valence-corrected chi connectivity index (χ3v) is 6.76. The number of para-hydroxylation sites is 1. The average molecular weight is 522 g/mol. The van der Waals surface area contributed by atoms with E-state index in [0.29, 0.717) is 0 Å². The number of carbonyl (C=O) groups is 3. The van der Waals surface area contributed by atoms with E-state index in [0.717, 1.165) is 47.2 Å². The molecule has 2 atom stereocenters. The van der Waals surface area contributed by atoms with E-state index in [4.69, 9.17) is 4.74 Å². The minimum atomic E-state index is -0.846. The zero-order valence-electron chi connectivity index (χ0n) is 24.1. The van der Waals surface area contributed by atoms with E-state index in [2.05, 4.69) is 17.6 Å². The van der Waals surface area contributed by atoms with Gasteiger partial charge in [-0.15, -0.1) is 0 Å². The van der Waals surface area contributed by atoms with Gasteiger partial charge < -0.3 is 20.3 Å². The summed E-state index contributed by atoms with van der Waals surface area (Å²) in [5.74, 6) is -0.762. The fourth-order valence-corrected chi connectivity index (χ4v) is 4.56. The Balaban J connectivity index is 2.02. The molecular formula is C31H43N3O4. The van der Waals surface area contributed by atoms with Crippen molar-refractivity contribution in [2.75, 3.05) is 5.32 Å². The number of carbonyl (C=O) groups excluding carboxylic acids is 3. The highest BCUT2D eigenvalue weighted by Gasteiger charge is 2.44. The molecule has 0 bridgehead atoms. The first kappa shape index (κ1) is 29.2. The van der Waals surface area contributed by atoms with Gasteiger partial charge in [-0.05, 0) is 82.1 Å². The third-order valence-electron chi connectivity index (χ3n) is 6.76. The molecule has 7 heteroatoms. The number of alkyl carbamates (subject to hydrolysis) is 1. The van der Waals surface area contributed by atoms with Crippen LogP contribution in [0.5, 0.6) is 0 Å². The van der Waals surface area contributed by atoms with E-state index in [9.17, 15) is 14.4 Å². The summed E-state index contributed by atoms with van der Waals surface area (Å²) in [5.41, 5.74) is 3.86. The number of ether oxygens (including phenoxy) is 1. The van der Waals surface area contributed by atoms with Gasteiger partial charge in [0.1, 0.15) is 17.7 Å². The molecule has 0 heterocycles. The van der Waals surface area contributed by atoms with Crippen molar-refractivity contribution in [3.8, 4) is 0 Å². The molecule has 2 aromatic rings. The molecule has 1 aliphatic carbocycles. The van der Waals surface area contributed by atoms with Crippen LogP contribution in [0, 0.1) is 19.8 Å². The quantitative estimate of drug-likeness (QED) is 0.418. The highest BCUT2D eigenvalue weighted by atomic mass is 16.6. The minimum Gasteiger partial charge on any atom is -0.444 e. The van der Waals surface area contributed by atoms with Crippen LogP contribution >= 0.6 is 0 Å². The molecule has 0 saturated heterocycles. The second-order valence-corrected chi connectivity index (χ2v) is 11.6. The zero-order chi connectivity index (χ0) is 28.2. The molecule has 0 aromatic heterocycles. The van der Waals surface area contributed by atoms with Crippen LogP contribution in [0.4, 0.5) is 10.5 Å². The lowest BCUT2D eigenvalue weighted by Crippen LogP contribution is -2.55.